The largest absolute Gasteiger partial charge is 0.439 e. The fourth-order valence-electron chi connectivity index (χ4n) is 2.11. The number of imide groups is 1. The van der Waals surface area contributed by atoms with Gasteiger partial charge in [0.05, 0.1) is 12.8 Å². The van der Waals surface area contributed by atoms with Crippen molar-refractivity contribution in [2.75, 3.05) is 46.1 Å². The molecule has 0 saturated carbocycles. The van der Waals surface area contributed by atoms with Gasteiger partial charge in [-0.15, -0.1) is 0 Å². The maximum absolute atomic E-state index is 11.8. The van der Waals surface area contributed by atoms with Gasteiger partial charge in [-0.1, -0.05) is 0 Å². The minimum atomic E-state index is -3.39. The molecule has 0 bridgehead atoms. The van der Waals surface area contributed by atoms with Crippen LogP contribution in [0.1, 0.15) is 0 Å². The van der Waals surface area contributed by atoms with Gasteiger partial charge in [-0.3, -0.25) is 9.59 Å². The summed E-state index contributed by atoms with van der Waals surface area (Å²) in [5.74, 6) is -0.664. The van der Waals surface area contributed by atoms with Gasteiger partial charge < -0.3 is 9.64 Å². The normalized spacial score (nSPS) is 20.0. The molecular weight excluding hydrogens is 302 g/mol. The van der Waals surface area contributed by atoms with Crippen LogP contribution in [0.5, 0.6) is 0 Å². The number of nitrogens with zero attached hydrogens (tertiary/aromatic N) is 3. The van der Waals surface area contributed by atoms with Gasteiger partial charge in [-0.05, 0) is 0 Å². The summed E-state index contributed by atoms with van der Waals surface area (Å²) in [5.41, 5.74) is 0. The molecule has 0 N–H and O–H groups in total. The molecule has 0 aromatic heterocycles. The van der Waals surface area contributed by atoms with E-state index >= 15 is 0 Å². The zero-order valence-corrected chi connectivity index (χ0v) is 12.6. The summed E-state index contributed by atoms with van der Waals surface area (Å²) in [4.78, 5) is 37.0. The number of carbonyl (C=O) groups excluding carboxylic acids is 3. The third-order valence-corrected chi connectivity index (χ3v) is 4.78. The molecule has 2 saturated heterocycles. The third-order valence-electron chi connectivity index (χ3n) is 3.52. The molecule has 2 rings (SSSR count). The first-order valence-electron chi connectivity index (χ1n) is 6.34. The average Bonchev–Trinajstić information content (AvgIpc) is 2.62. The summed E-state index contributed by atoms with van der Waals surface area (Å²) in [6.45, 7) is 0.577. The molecule has 0 aliphatic carbocycles. The first-order valence-corrected chi connectivity index (χ1v) is 8.19. The van der Waals surface area contributed by atoms with Crippen molar-refractivity contribution >= 4 is 27.9 Å². The van der Waals surface area contributed by atoms with Crippen LogP contribution in [0.3, 0.4) is 0 Å². The molecule has 3 amide bonds. The lowest BCUT2D eigenvalue weighted by Crippen LogP contribution is -2.56. The Hall–Kier alpha value is -1.68. The Kier molecular flexibility index (Phi) is 4.19. The van der Waals surface area contributed by atoms with Gasteiger partial charge in [0.25, 0.3) is 5.91 Å². The standard InChI is InChI=1S/C11H17N3O6S/c1-12(21(2,18)19)6-9(15)13-3-8(4-13)5-14-10(16)7-20-11(14)17/h8H,3-7H2,1-2H3. The highest BCUT2D eigenvalue weighted by atomic mass is 32.2. The number of ether oxygens (including phenoxy) is 1. The fraction of sp³-hybridized carbons (Fsp3) is 0.727. The summed E-state index contributed by atoms with van der Waals surface area (Å²) in [5, 5.41) is 0. The Labute approximate surface area is 122 Å². The van der Waals surface area contributed by atoms with E-state index in [1.165, 1.54) is 11.9 Å². The predicted molar refractivity (Wildman–Crippen MR) is 70.6 cm³/mol. The van der Waals surface area contributed by atoms with E-state index in [2.05, 4.69) is 4.74 Å². The van der Waals surface area contributed by atoms with Gasteiger partial charge in [0.2, 0.25) is 15.9 Å². The quantitative estimate of drug-likeness (QED) is 0.599. The first-order chi connectivity index (χ1) is 9.68. The summed E-state index contributed by atoms with van der Waals surface area (Å²) >= 11 is 0. The lowest BCUT2D eigenvalue weighted by atomic mass is 9.99. The number of rotatable bonds is 5. The van der Waals surface area contributed by atoms with Crippen LogP contribution in [0, 0.1) is 5.92 Å². The number of sulfonamides is 1. The summed E-state index contributed by atoms with van der Waals surface area (Å²) < 4.78 is 28.0. The number of likely N-dealkylation sites (N-methyl/N-ethyl adjacent to an activating group) is 1. The van der Waals surface area contributed by atoms with Crippen molar-refractivity contribution in [3.05, 3.63) is 0 Å². The second-order valence-corrected chi connectivity index (χ2v) is 7.33. The number of carbonyl (C=O) groups is 3. The van der Waals surface area contributed by atoms with Crippen molar-refractivity contribution in [3.8, 4) is 0 Å². The highest BCUT2D eigenvalue weighted by Gasteiger charge is 2.38. The van der Waals surface area contributed by atoms with Gasteiger partial charge >= 0.3 is 6.09 Å². The molecule has 21 heavy (non-hydrogen) atoms. The van der Waals surface area contributed by atoms with Gasteiger partial charge in [0.15, 0.2) is 6.61 Å². The van der Waals surface area contributed by atoms with Crippen molar-refractivity contribution in [1.82, 2.24) is 14.1 Å². The van der Waals surface area contributed by atoms with Crippen LogP contribution < -0.4 is 0 Å². The topological polar surface area (TPSA) is 104 Å². The van der Waals surface area contributed by atoms with E-state index in [4.69, 9.17) is 0 Å². The zero-order chi connectivity index (χ0) is 15.8. The molecule has 9 nitrogen and oxygen atoms in total. The van der Waals surface area contributed by atoms with E-state index in [0.717, 1.165) is 15.5 Å². The van der Waals surface area contributed by atoms with Crippen LogP contribution in [-0.2, 0) is 24.3 Å². The minimum Gasteiger partial charge on any atom is -0.439 e. The van der Waals surface area contributed by atoms with Crippen molar-refractivity contribution in [1.29, 1.82) is 0 Å². The second kappa shape index (κ2) is 5.60. The summed E-state index contributed by atoms with van der Waals surface area (Å²) in [6, 6.07) is 0. The SMILES string of the molecule is CN(CC(=O)N1CC(CN2C(=O)COC2=O)C1)S(C)(=O)=O. The molecule has 0 radical (unpaired) electrons. The Morgan fingerprint density at radius 3 is 2.48 bits per heavy atom. The molecule has 2 heterocycles. The molecule has 0 atom stereocenters. The molecule has 0 spiro atoms. The fourth-order valence-corrected chi connectivity index (χ4v) is 2.46. The van der Waals surface area contributed by atoms with Crippen LogP contribution in [0.2, 0.25) is 0 Å². The predicted octanol–water partition coefficient (Wildman–Crippen LogP) is -1.68. The van der Waals surface area contributed by atoms with E-state index < -0.39 is 16.1 Å². The molecule has 0 aromatic carbocycles. The maximum Gasteiger partial charge on any atom is 0.417 e. The van der Waals surface area contributed by atoms with Gasteiger partial charge in [0, 0.05) is 32.6 Å². The maximum atomic E-state index is 11.8. The number of cyclic esters (lactones) is 1. The highest BCUT2D eigenvalue weighted by Crippen LogP contribution is 2.19. The van der Waals surface area contributed by atoms with E-state index in [1.54, 1.807) is 0 Å². The van der Waals surface area contributed by atoms with Gasteiger partial charge in [-0.2, -0.15) is 4.31 Å². The molecule has 2 fully saturated rings. The highest BCUT2D eigenvalue weighted by molar-refractivity contribution is 7.88. The van der Waals surface area contributed by atoms with Crippen LogP contribution in [-0.4, -0.2) is 86.5 Å². The van der Waals surface area contributed by atoms with Crippen molar-refractivity contribution in [3.63, 3.8) is 0 Å². The van der Waals surface area contributed by atoms with Crippen LogP contribution in [0.4, 0.5) is 4.79 Å². The van der Waals surface area contributed by atoms with Crippen molar-refractivity contribution in [2.45, 2.75) is 0 Å². The van der Waals surface area contributed by atoms with Crippen molar-refractivity contribution < 1.29 is 27.5 Å². The number of likely N-dealkylation sites (tertiary alicyclic amines) is 1. The summed E-state index contributed by atoms with van der Waals surface area (Å²) in [7, 11) is -2.05. The van der Waals surface area contributed by atoms with E-state index in [1.807, 2.05) is 0 Å². The van der Waals surface area contributed by atoms with E-state index in [0.29, 0.717) is 13.1 Å². The molecule has 118 valence electrons. The van der Waals surface area contributed by atoms with Crippen LogP contribution in [0.25, 0.3) is 0 Å². The van der Waals surface area contributed by atoms with E-state index in [9.17, 15) is 22.8 Å². The van der Waals surface area contributed by atoms with Crippen LogP contribution in [0.15, 0.2) is 0 Å². The van der Waals surface area contributed by atoms with Crippen molar-refractivity contribution in [2.24, 2.45) is 5.92 Å². The Morgan fingerprint density at radius 2 is 2.00 bits per heavy atom. The molecule has 10 heteroatoms. The van der Waals surface area contributed by atoms with E-state index in [-0.39, 0.29) is 37.4 Å². The monoisotopic (exact) mass is 319 g/mol. The molecule has 0 aromatic rings. The lowest BCUT2D eigenvalue weighted by Gasteiger charge is -2.40. The lowest BCUT2D eigenvalue weighted by molar-refractivity contribution is -0.138. The Bertz CT molecular complexity index is 553. The minimum absolute atomic E-state index is 0.00656. The molecule has 2 aliphatic rings. The van der Waals surface area contributed by atoms with Gasteiger partial charge in [0.1, 0.15) is 0 Å². The smallest absolute Gasteiger partial charge is 0.417 e. The molecule has 2 aliphatic heterocycles. The zero-order valence-electron chi connectivity index (χ0n) is 11.8. The number of hydrogen-bond donors (Lipinski definition) is 0. The Morgan fingerprint density at radius 1 is 1.38 bits per heavy atom. The number of hydrogen-bond acceptors (Lipinski definition) is 6. The first kappa shape index (κ1) is 15.7. The molecular formula is C11H17N3O6S. The average molecular weight is 319 g/mol. The van der Waals surface area contributed by atoms with Crippen LogP contribution >= 0.6 is 0 Å². The number of amides is 3. The van der Waals surface area contributed by atoms with Gasteiger partial charge in [-0.25, -0.2) is 18.1 Å². The summed E-state index contributed by atoms with van der Waals surface area (Å²) in [6.07, 6.45) is 0.380. The third kappa shape index (κ3) is 3.50. The Balaban J connectivity index is 1.77. The molecule has 0 unspecified atom stereocenters. The second-order valence-electron chi connectivity index (χ2n) is 5.24.